The minimum absolute atomic E-state index is 0.121. The van der Waals surface area contributed by atoms with Crippen molar-refractivity contribution in [1.82, 2.24) is 14.7 Å². The van der Waals surface area contributed by atoms with E-state index in [1.807, 2.05) is 6.07 Å². The quantitative estimate of drug-likeness (QED) is 0.564. The Morgan fingerprint density at radius 2 is 2.04 bits per heavy atom. The molecule has 2 aromatic carbocycles. The Bertz CT molecular complexity index is 1150. The molecule has 0 aliphatic heterocycles. The van der Waals surface area contributed by atoms with Crippen LogP contribution in [0.3, 0.4) is 0 Å². The molecule has 130 valence electrons. The lowest BCUT2D eigenvalue weighted by Gasteiger charge is -2.04. The van der Waals surface area contributed by atoms with Gasteiger partial charge in [0.05, 0.1) is 30.9 Å². The molecule has 0 amide bonds. The summed E-state index contributed by atoms with van der Waals surface area (Å²) in [5, 5.41) is 4.53. The predicted molar refractivity (Wildman–Crippen MR) is 93.6 cm³/mol. The molecule has 0 N–H and O–H groups in total. The van der Waals surface area contributed by atoms with Gasteiger partial charge in [-0.05, 0) is 30.3 Å². The van der Waals surface area contributed by atoms with E-state index in [2.05, 4.69) is 10.1 Å². The molecule has 0 spiro atoms. The SMILES string of the molecule is COc1cc(-c2cc(Cn3cnc4ccccc4c3=O)no2)ccc1F. The van der Waals surface area contributed by atoms with Crippen molar-refractivity contribution < 1.29 is 13.7 Å². The number of rotatable bonds is 4. The lowest BCUT2D eigenvalue weighted by Crippen LogP contribution is -2.21. The minimum Gasteiger partial charge on any atom is -0.494 e. The number of hydrogen-bond acceptors (Lipinski definition) is 5. The van der Waals surface area contributed by atoms with Gasteiger partial charge in [0.2, 0.25) is 0 Å². The van der Waals surface area contributed by atoms with Crippen LogP contribution in [0.2, 0.25) is 0 Å². The lowest BCUT2D eigenvalue weighted by molar-refractivity contribution is 0.386. The molecule has 2 heterocycles. The maximum absolute atomic E-state index is 13.5. The third kappa shape index (κ3) is 2.83. The van der Waals surface area contributed by atoms with Gasteiger partial charge < -0.3 is 9.26 Å². The van der Waals surface area contributed by atoms with E-state index in [1.165, 1.54) is 30.1 Å². The summed E-state index contributed by atoms with van der Waals surface area (Å²) >= 11 is 0. The second-order valence-corrected chi connectivity index (χ2v) is 5.73. The molecule has 0 bridgehead atoms. The molecule has 0 saturated carbocycles. The fourth-order valence-corrected chi connectivity index (χ4v) is 2.73. The van der Waals surface area contributed by atoms with Gasteiger partial charge in [0, 0.05) is 11.6 Å². The van der Waals surface area contributed by atoms with Crippen LogP contribution in [-0.2, 0) is 6.54 Å². The van der Waals surface area contributed by atoms with Crippen LogP contribution in [0.25, 0.3) is 22.2 Å². The van der Waals surface area contributed by atoms with Crippen molar-refractivity contribution in [3.63, 3.8) is 0 Å². The summed E-state index contributed by atoms with van der Waals surface area (Å²) in [4.78, 5) is 16.8. The van der Waals surface area contributed by atoms with Crippen LogP contribution in [-0.4, -0.2) is 21.8 Å². The van der Waals surface area contributed by atoms with Crippen molar-refractivity contribution in [3.05, 3.63) is 76.7 Å². The van der Waals surface area contributed by atoms with Crippen LogP contribution in [0.4, 0.5) is 4.39 Å². The van der Waals surface area contributed by atoms with Gasteiger partial charge in [0.25, 0.3) is 5.56 Å². The number of aromatic nitrogens is 3. The third-order valence-electron chi connectivity index (χ3n) is 4.06. The molecule has 0 aliphatic rings. The fourth-order valence-electron chi connectivity index (χ4n) is 2.73. The van der Waals surface area contributed by atoms with Gasteiger partial charge in [-0.1, -0.05) is 17.3 Å². The number of para-hydroxylation sites is 1. The molecular formula is C19H14FN3O3. The van der Waals surface area contributed by atoms with Crippen LogP contribution < -0.4 is 10.3 Å². The molecule has 7 heteroatoms. The number of ether oxygens (including phenoxy) is 1. The maximum Gasteiger partial charge on any atom is 0.261 e. The summed E-state index contributed by atoms with van der Waals surface area (Å²) in [5.74, 6) is 0.125. The molecule has 0 aliphatic carbocycles. The van der Waals surface area contributed by atoms with Crippen LogP contribution in [0, 0.1) is 5.82 Å². The largest absolute Gasteiger partial charge is 0.494 e. The summed E-state index contributed by atoms with van der Waals surface area (Å²) in [6, 6.07) is 13.3. The zero-order valence-corrected chi connectivity index (χ0v) is 13.8. The summed E-state index contributed by atoms with van der Waals surface area (Å²) < 4.78 is 25.3. The third-order valence-corrected chi connectivity index (χ3v) is 4.06. The van der Waals surface area contributed by atoms with Crippen LogP contribution in [0.1, 0.15) is 5.69 Å². The van der Waals surface area contributed by atoms with Gasteiger partial charge in [-0.2, -0.15) is 0 Å². The molecular weight excluding hydrogens is 337 g/mol. The smallest absolute Gasteiger partial charge is 0.261 e. The van der Waals surface area contributed by atoms with Crippen molar-refractivity contribution in [3.8, 4) is 17.1 Å². The Morgan fingerprint density at radius 1 is 1.19 bits per heavy atom. The van der Waals surface area contributed by atoms with Crippen molar-refractivity contribution in [2.45, 2.75) is 6.54 Å². The number of benzene rings is 2. The van der Waals surface area contributed by atoms with E-state index < -0.39 is 5.82 Å². The summed E-state index contributed by atoms with van der Waals surface area (Å²) in [6.07, 6.45) is 1.49. The Kier molecular flexibility index (Phi) is 3.96. The van der Waals surface area contributed by atoms with Crippen molar-refractivity contribution >= 4 is 10.9 Å². The first-order valence-corrected chi connectivity index (χ1v) is 7.89. The molecule has 4 aromatic rings. The first-order valence-electron chi connectivity index (χ1n) is 7.89. The Labute approximate surface area is 147 Å². The van der Waals surface area contributed by atoms with Crippen molar-refractivity contribution in [2.75, 3.05) is 7.11 Å². The number of halogens is 1. The van der Waals surface area contributed by atoms with Gasteiger partial charge in [-0.3, -0.25) is 9.36 Å². The highest BCUT2D eigenvalue weighted by Crippen LogP contribution is 2.27. The Morgan fingerprint density at radius 3 is 2.88 bits per heavy atom. The zero-order valence-electron chi connectivity index (χ0n) is 13.8. The first-order chi connectivity index (χ1) is 12.7. The van der Waals surface area contributed by atoms with E-state index in [1.54, 1.807) is 30.3 Å². The van der Waals surface area contributed by atoms with E-state index in [0.717, 1.165) is 0 Å². The predicted octanol–water partition coefficient (Wildman–Crippen LogP) is 3.25. The average Bonchev–Trinajstić information content (AvgIpc) is 3.13. The first kappa shape index (κ1) is 16.0. The van der Waals surface area contributed by atoms with E-state index in [4.69, 9.17) is 9.26 Å². The fraction of sp³-hybridized carbons (Fsp3) is 0.105. The monoisotopic (exact) mass is 351 g/mol. The number of nitrogens with zero attached hydrogens (tertiary/aromatic N) is 3. The molecule has 0 radical (unpaired) electrons. The van der Waals surface area contributed by atoms with E-state index in [-0.39, 0.29) is 17.9 Å². The van der Waals surface area contributed by atoms with E-state index in [0.29, 0.717) is 27.9 Å². The second-order valence-electron chi connectivity index (χ2n) is 5.73. The normalized spacial score (nSPS) is 11.0. The summed E-state index contributed by atoms with van der Waals surface area (Å²) in [7, 11) is 1.40. The molecule has 26 heavy (non-hydrogen) atoms. The van der Waals surface area contributed by atoms with Gasteiger partial charge in [0.15, 0.2) is 17.3 Å². The molecule has 4 rings (SSSR count). The summed E-state index contributed by atoms with van der Waals surface area (Å²) in [5.41, 5.74) is 1.69. The van der Waals surface area contributed by atoms with Gasteiger partial charge in [-0.15, -0.1) is 0 Å². The highest BCUT2D eigenvalue weighted by molar-refractivity contribution is 5.76. The van der Waals surface area contributed by atoms with Crippen molar-refractivity contribution in [1.29, 1.82) is 0 Å². The molecule has 0 saturated heterocycles. The van der Waals surface area contributed by atoms with Crippen LogP contribution in [0.5, 0.6) is 5.75 Å². The summed E-state index contributed by atoms with van der Waals surface area (Å²) in [6.45, 7) is 0.221. The molecule has 0 fully saturated rings. The average molecular weight is 351 g/mol. The minimum atomic E-state index is -0.454. The molecule has 0 unspecified atom stereocenters. The highest BCUT2D eigenvalue weighted by Gasteiger charge is 2.12. The molecule has 2 aromatic heterocycles. The number of hydrogen-bond donors (Lipinski definition) is 0. The Balaban J connectivity index is 1.65. The van der Waals surface area contributed by atoms with E-state index >= 15 is 0 Å². The van der Waals surface area contributed by atoms with Crippen LogP contribution in [0.15, 0.2) is 64.2 Å². The van der Waals surface area contributed by atoms with E-state index in [9.17, 15) is 9.18 Å². The standard InChI is InChI=1S/C19H14FN3O3/c1-25-18-8-12(6-7-15(18)20)17-9-13(22-26-17)10-23-11-21-16-5-3-2-4-14(16)19(23)24/h2-9,11H,10H2,1H3. The highest BCUT2D eigenvalue weighted by atomic mass is 19.1. The molecule has 6 nitrogen and oxygen atoms in total. The van der Waals surface area contributed by atoms with Gasteiger partial charge in [-0.25, -0.2) is 9.37 Å². The topological polar surface area (TPSA) is 70.2 Å². The van der Waals surface area contributed by atoms with Crippen molar-refractivity contribution in [2.24, 2.45) is 0 Å². The number of methoxy groups -OCH3 is 1. The lowest BCUT2D eigenvalue weighted by atomic mass is 10.1. The van der Waals surface area contributed by atoms with Gasteiger partial charge in [0.1, 0.15) is 5.69 Å². The number of fused-ring (bicyclic) bond motifs is 1. The van der Waals surface area contributed by atoms with Crippen LogP contribution >= 0.6 is 0 Å². The second kappa shape index (κ2) is 6.44. The zero-order chi connectivity index (χ0) is 18.1. The van der Waals surface area contributed by atoms with Gasteiger partial charge >= 0.3 is 0 Å². The molecule has 0 atom stereocenters. The Hall–Kier alpha value is -3.48. The maximum atomic E-state index is 13.5.